The van der Waals surface area contributed by atoms with E-state index in [0.717, 1.165) is 20.7 Å². The average Bonchev–Trinajstić information content (AvgIpc) is 3.33. The number of methoxy groups -OCH3 is 1. The van der Waals surface area contributed by atoms with E-state index in [1.807, 2.05) is 29.7 Å². The molecule has 0 radical (unpaired) electrons. The van der Waals surface area contributed by atoms with Crippen LogP contribution in [0.2, 0.25) is 0 Å². The normalized spacial score (nSPS) is 12.0. The molecule has 2 aromatic carbocycles. The molecule has 31 heavy (non-hydrogen) atoms. The number of fused-ring (bicyclic) bond motifs is 2. The summed E-state index contributed by atoms with van der Waals surface area (Å²) >= 11 is 2.67. The molecule has 4 rings (SSSR count). The molecule has 0 aliphatic carbocycles. The molecule has 4 aromatic rings. The second kappa shape index (κ2) is 8.96. The fraction of sp³-hybridized carbons (Fsp3) is 0.238. The molecule has 2 aromatic heterocycles. The highest BCUT2D eigenvalue weighted by Crippen LogP contribution is 2.30. The van der Waals surface area contributed by atoms with E-state index in [2.05, 4.69) is 4.99 Å². The van der Waals surface area contributed by atoms with Crippen molar-refractivity contribution in [1.29, 1.82) is 0 Å². The number of nitro groups is 1. The fourth-order valence-corrected chi connectivity index (χ4v) is 5.24. The van der Waals surface area contributed by atoms with Gasteiger partial charge in [-0.05, 0) is 31.2 Å². The zero-order chi connectivity index (χ0) is 22.0. The van der Waals surface area contributed by atoms with E-state index < -0.39 is 4.92 Å². The maximum atomic E-state index is 13.0. The number of hydrogen-bond acceptors (Lipinski definition) is 7. The van der Waals surface area contributed by atoms with Gasteiger partial charge in [0, 0.05) is 35.9 Å². The van der Waals surface area contributed by atoms with Crippen molar-refractivity contribution >= 4 is 54.6 Å². The Kier molecular flexibility index (Phi) is 6.12. The van der Waals surface area contributed by atoms with Crippen molar-refractivity contribution in [2.45, 2.75) is 13.5 Å². The number of carbonyl (C=O) groups is 1. The van der Waals surface area contributed by atoms with Gasteiger partial charge in [-0.15, -0.1) is 11.3 Å². The summed E-state index contributed by atoms with van der Waals surface area (Å²) in [6.07, 6.45) is 0. The van der Waals surface area contributed by atoms with Crippen molar-refractivity contribution in [1.82, 2.24) is 4.57 Å². The number of carbonyl (C=O) groups excluding carboxylic acids is 1. The molecule has 2 heterocycles. The standard InChI is InChI=1S/C21H19N3O5S2/c1-3-29-15-5-4-6-17-19(15)23(9-10-28-2)21(31-17)22-20(25)18-12-13-11-14(24(26)27)7-8-16(13)30-18/h4-8,11-12H,3,9-10H2,1-2H3. The number of hydrogen-bond donors (Lipinski definition) is 0. The van der Waals surface area contributed by atoms with Crippen molar-refractivity contribution < 1.29 is 19.2 Å². The van der Waals surface area contributed by atoms with Crippen LogP contribution in [0.4, 0.5) is 5.69 Å². The first-order valence-electron chi connectivity index (χ1n) is 9.53. The van der Waals surface area contributed by atoms with E-state index in [-0.39, 0.29) is 11.6 Å². The van der Waals surface area contributed by atoms with Crippen LogP contribution >= 0.6 is 22.7 Å². The first kappa shape index (κ1) is 21.2. The Morgan fingerprint density at radius 1 is 1.19 bits per heavy atom. The molecule has 8 nitrogen and oxygen atoms in total. The number of ether oxygens (including phenoxy) is 2. The number of amides is 1. The molecule has 0 spiro atoms. The highest BCUT2D eigenvalue weighted by atomic mass is 32.1. The zero-order valence-corrected chi connectivity index (χ0v) is 18.5. The third kappa shape index (κ3) is 4.22. The summed E-state index contributed by atoms with van der Waals surface area (Å²) in [4.78, 5) is 28.9. The van der Waals surface area contributed by atoms with Gasteiger partial charge < -0.3 is 14.0 Å². The number of rotatable bonds is 7. The Labute approximate surface area is 185 Å². The lowest BCUT2D eigenvalue weighted by atomic mass is 10.2. The van der Waals surface area contributed by atoms with Crippen LogP contribution in [0.5, 0.6) is 5.75 Å². The Hall–Kier alpha value is -3.08. The molecular formula is C21H19N3O5S2. The van der Waals surface area contributed by atoms with Crippen LogP contribution in [0.25, 0.3) is 20.3 Å². The van der Waals surface area contributed by atoms with Gasteiger partial charge in [0.1, 0.15) is 11.3 Å². The Morgan fingerprint density at radius 2 is 2.03 bits per heavy atom. The van der Waals surface area contributed by atoms with Gasteiger partial charge in [-0.3, -0.25) is 14.9 Å². The van der Waals surface area contributed by atoms with Gasteiger partial charge in [0.2, 0.25) is 0 Å². The van der Waals surface area contributed by atoms with E-state index in [1.165, 1.54) is 34.8 Å². The third-order valence-corrected chi connectivity index (χ3v) is 6.75. The molecular weight excluding hydrogens is 438 g/mol. The Bertz CT molecular complexity index is 1350. The quantitative estimate of drug-likeness (QED) is 0.298. The number of non-ortho nitro benzene ring substituents is 1. The predicted molar refractivity (Wildman–Crippen MR) is 121 cm³/mol. The van der Waals surface area contributed by atoms with Crippen LogP contribution in [0.3, 0.4) is 0 Å². The molecule has 10 heteroatoms. The highest BCUT2D eigenvalue weighted by molar-refractivity contribution is 7.21. The van der Waals surface area contributed by atoms with E-state index in [9.17, 15) is 14.9 Å². The van der Waals surface area contributed by atoms with E-state index >= 15 is 0 Å². The van der Waals surface area contributed by atoms with Gasteiger partial charge in [0.15, 0.2) is 4.80 Å². The van der Waals surface area contributed by atoms with Crippen LogP contribution in [0.1, 0.15) is 16.6 Å². The minimum atomic E-state index is -0.450. The molecule has 0 bridgehead atoms. The van der Waals surface area contributed by atoms with Crippen molar-refractivity contribution in [3.05, 3.63) is 62.3 Å². The monoisotopic (exact) mass is 457 g/mol. The summed E-state index contributed by atoms with van der Waals surface area (Å²) in [7, 11) is 1.62. The lowest BCUT2D eigenvalue weighted by molar-refractivity contribution is -0.384. The first-order valence-corrected chi connectivity index (χ1v) is 11.2. The summed E-state index contributed by atoms with van der Waals surface area (Å²) in [5.74, 6) is 0.343. The van der Waals surface area contributed by atoms with Crippen LogP contribution in [-0.2, 0) is 11.3 Å². The molecule has 0 aliphatic heterocycles. The Morgan fingerprint density at radius 3 is 2.77 bits per heavy atom. The molecule has 160 valence electrons. The molecule has 0 saturated heterocycles. The minimum absolute atomic E-state index is 0.00777. The molecule has 1 amide bonds. The van der Waals surface area contributed by atoms with E-state index in [4.69, 9.17) is 9.47 Å². The van der Waals surface area contributed by atoms with Crippen molar-refractivity contribution in [2.24, 2.45) is 4.99 Å². The minimum Gasteiger partial charge on any atom is -0.492 e. The molecule has 0 atom stereocenters. The third-order valence-electron chi connectivity index (χ3n) is 4.60. The van der Waals surface area contributed by atoms with Crippen LogP contribution in [0.15, 0.2) is 47.5 Å². The number of nitrogens with zero attached hydrogens (tertiary/aromatic N) is 3. The summed E-state index contributed by atoms with van der Waals surface area (Å²) in [6.45, 7) is 3.43. The summed E-state index contributed by atoms with van der Waals surface area (Å²) in [5.41, 5.74) is 0.872. The number of benzene rings is 2. The second-order valence-electron chi connectivity index (χ2n) is 6.57. The summed E-state index contributed by atoms with van der Waals surface area (Å²) < 4.78 is 14.7. The lowest BCUT2D eigenvalue weighted by Gasteiger charge is -2.09. The van der Waals surface area contributed by atoms with E-state index in [1.54, 1.807) is 19.2 Å². The number of thiophene rings is 1. The SMILES string of the molecule is CCOc1cccc2sc(=NC(=O)c3cc4cc([N+](=O)[O-])ccc4s3)n(CCOC)c12. The molecule has 0 unspecified atom stereocenters. The van der Waals surface area contributed by atoms with Gasteiger partial charge in [-0.1, -0.05) is 17.4 Å². The van der Waals surface area contributed by atoms with Gasteiger partial charge in [0.25, 0.3) is 11.6 Å². The number of aromatic nitrogens is 1. The predicted octanol–water partition coefficient (Wildman–Crippen LogP) is 4.61. The maximum absolute atomic E-state index is 13.0. The number of nitro benzene ring substituents is 1. The summed E-state index contributed by atoms with van der Waals surface area (Å²) in [6, 6.07) is 12.0. The van der Waals surface area contributed by atoms with Gasteiger partial charge in [-0.2, -0.15) is 4.99 Å². The van der Waals surface area contributed by atoms with Crippen LogP contribution in [-0.4, -0.2) is 35.7 Å². The fourth-order valence-electron chi connectivity index (χ4n) is 3.24. The largest absolute Gasteiger partial charge is 0.492 e. The van der Waals surface area contributed by atoms with Crippen molar-refractivity contribution in [2.75, 3.05) is 20.3 Å². The maximum Gasteiger partial charge on any atom is 0.289 e. The number of para-hydroxylation sites is 1. The smallest absolute Gasteiger partial charge is 0.289 e. The highest BCUT2D eigenvalue weighted by Gasteiger charge is 2.16. The lowest BCUT2D eigenvalue weighted by Crippen LogP contribution is -2.19. The second-order valence-corrected chi connectivity index (χ2v) is 8.66. The molecule has 0 N–H and O–H groups in total. The van der Waals surface area contributed by atoms with Crippen molar-refractivity contribution in [3.63, 3.8) is 0 Å². The van der Waals surface area contributed by atoms with E-state index in [0.29, 0.717) is 34.8 Å². The first-order chi connectivity index (χ1) is 15.0. The van der Waals surface area contributed by atoms with Crippen LogP contribution < -0.4 is 9.54 Å². The molecule has 0 fully saturated rings. The van der Waals surface area contributed by atoms with Crippen LogP contribution in [0, 0.1) is 10.1 Å². The van der Waals surface area contributed by atoms with Gasteiger partial charge in [0.05, 0.1) is 27.7 Å². The van der Waals surface area contributed by atoms with Gasteiger partial charge >= 0.3 is 0 Å². The molecule has 0 aliphatic rings. The number of thiazole rings is 1. The average molecular weight is 458 g/mol. The zero-order valence-electron chi connectivity index (χ0n) is 16.9. The van der Waals surface area contributed by atoms with Gasteiger partial charge in [-0.25, -0.2) is 0 Å². The summed E-state index contributed by atoms with van der Waals surface area (Å²) in [5, 5.41) is 11.7. The Balaban J connectivity index is 1.80. The topological polar surface area (TPSA) is 96.0 Å². The molecule has 0 saturated carbocycles. The van der Waals surface area contributed by atoms with Crippen molar-refractivity contribution in [3.8, 4) is 5.75 Å².